The second kappa shape index (κ2) is 11.8. The van der Waals surface area contributed by atoms with E-state index < -0.39 is 5.41 Å². The summed E-state index contributed by atoms with van der Waals surface area (Å²) in [5.41, 5.74) is 14.5. The summed E-state index contributed by atoms with van der Waals surface area (Å²) in [5, 5.41) is 2.55. The van der Waals surface area contributed by atoms with Gasteiger partial charge in [-0.3, -0.25) is 0 Å². The Morgan fingerprint density at radius 3 is 1.58 bits per heavy atom. The highest BCUT2D eigenvalue weighted by atomic mass is 32.1. The lowest BCUT2D eigenvalue weighted by molar-refractivity contribution is 0.436. The Kier molecular flexibility index (Phi) is 6.71. The average Bonchev–Trinajstić information content (AvgIpc) is 3.84. The maximum atomic E-state index is 6.76. The summed E-state index contributed by atoms with van der Waals surface area (Å²) >= 11 is 1.82. The maximum absolute atomic E-state index is 6.76. The molecule has 2 heterocycles. The first-order valence-corrected chi connectivity index (χ1v) is 19.0. The van der Waals surface area contributed by atoms with Crippen molar-refractivity contribution in [1.82, 2.24) is 0 Å². The minimum Gasteiger partial charge on any atom is -0.457 e. The van der Waals surface area contributed by atoms with Gasteiger partial charge < -0.3 is 4.74 Å². The largest absolute Gasteiger partial charge is 0.457 e. The molecule has 0 saturated heterocycles. The fraction of sp³-hybridized carbons (Fsp3) is 0.0196. The van der Waals surface area contributed by atoms with E-state index in [4.69, 9.17) is 4.74 Å². The fourth-order valence-electron chi connectivity index (χ4n) is 8.81. The first kappa shape index (κ1) is 30.2. The lowest BCUT2D eigenvalue weighted by Crippen LogP contribution is -2.32. The Bertz CT molecular complexity index is 2810. The number of para-hydroxylation sites is 1. The van der Waals surface area contributed by atoms with Gasteiger partial charge in [0.05, 0.1) is 5.41 Å². The molecule has 1 nitrogen and oxygen atoms in total. The van der Waals surface area contributed by atoms with Crippen LogP contribution in [-0.2, 0) is 5.41 Å². The summed E-state index contributed by atoms with van der Waals surface area (Å²) < 4.78 is 6.76. The molecule has 11 rings (SSSR count). The number of benzene rings is 8. The molecule has 0 amide bonds. The molecule has 8 aromatic carbocycles. The van der Waals surface area contributed by atoms with Crippen molar-refractivity contribution in [3.8, 4) is 65.8 Å². The van der Waals surface area contributed by atoms with Crippen LogP contribution in [-0.4, -0.2) is 0 Å². The van der Waals surface area contributed by atoms with Crippen LogP contribution in [0.5, 0.6) is 11.5 Å². The summed E-state index contributed by atoms with van der Waals surface area (Å²) in [5.74, 6) is 1.83. The second-order valence-electron chi connectivity index (χ2n) is 14.0. The summed E-state index contributed by atoms with van der Waals surface area (Å²) in [6.45, 7) is 0. The molecular weight excluding hydrogens is 661 g/mol. The summed E-state index contributed by atoms with van der Waals surface area (Å²) in [6, 6.07) is 70.7. The van der Waals surface area contributed by atoms with Gasteiger partial charge in [0.25, 0.3) is 0 Å². The molecule has 0 atom stereocenters. The number of rotatable bonds is 4. The zero-order valence-corrected chi connectivity index (χ0v) is 29.6. The molecular formula is C51H32OS. The molecule has 0 fully saturated rings. The van der Waals surface area contributed by atoms with Gasteiger partial charge in [-0.25, -0.2) is 0 Å². The molecule has 0 unspecified atom stereocenters. The third-order valence-electron chi connectivity index (χ3n) is 11.2. The second-order valence-corrected chi connectivity index (χ2v) is 15.1. The minimum absolute atomic E-state index is 0.436. The van der Waals surface area contributed by atoms with Crippen molar-refractivity contribution < 1.29 is 4.74 Å². The highest BCUT2D eigenvalue weighted by Crippen LogP contribution is 2.62. The van der Waals surface area contributed by atoms with Gasteiger partial charge in [-0.1, -0.05) is 170 Å². The van der Waals surface area contributed by atoms with E-state index in [0.717, 1.165) is 17.1 Å². The lowest BCUT2D eigenvalue weighted by Gasteiger charge is -2.39. The minimum atomic E-state index is -0.436. The highest BCUT2D eigenvalue weighted by molar-refractivity contribution is 7.18. The zero-order valence-electron chi connectivity index (χ0n) is 28.8. The summed E-state index contributed by atoms with van der Waals surface area (Å²) in [7, 11) is 0. The number of ether oxygens (including phenoxy) is 1. The SMILES string of the molecule is c1ccc2c(c1)Oc1cc(-c3ccc(-c4ccc(-c5ccc(-c6cccc7ccccc67)cc5)cc4)s3)ccc1C21c2ccccc2-c2ccccc21. The van der Waals surface area contributed by atoms with Crippen LogP contribution in [0.25, 0.3) is 65.0 Å². The average molecular weight is 693 g/mol. The predicted octanol–water partition coefficient (Wildman–Crippen LogP) is 14.0. The van der Waals surface area contributed by atoms with Gasteiger partial charge in [0.15, 0.2) is 0 Å². The maximum Gasteiger partial charge on any atom is 0.132 e. The van der Waals surface area contributed by atoms with Crippen LogP contribution in [0, 0.1) is 0 Å². The molecule has 2 aliphatic rings. The molecule has 1 aromatic heterocycles. The van der Waals surface area contributed by atoms with Gasteiger partial charge in [0.1, 0.15) is 11.5 Å². The number of fused-ring (bicyclic) bond motifs is 10. The molecule has 0 radical (unpaired) electrons. The van der Waals surface area contributed by atoms with Gasteiger partial charge in [0, 0.05) is 20.9 Å². The van der Waals surface area contributed by atoms with Gasteiger partial charge in [-0.05, 0) is 90.7 Å². The topological polar surface area (TPSA) is 9.23 Å². The normalized spacial score (nSPS) is 13.2. The van der Waals surface area contributed by atoms with Crippen LogP contribution in [0.3, 0.4) is 0 Å². The van der Waals surface area contributed by atoms with E-state index in [-0.39, 0.29) is 0 Å². The predicted molar refractivity (Wildman–Crippen MR) is 221 cm³/mol. The van der Waals surface area contributed by atoms with Gasteiger partial charge in [0.2, 0.25) is 0 Å². The van der Waals surface area contributed by atoms with E-state index in [1.807, 2.05) is 11.3 Å². The van der Waals surface area contributed by atoms with Crippen molar-refractivity contribution in [2.24, 2.45) is 0 Å². The standard InChI is InChI=1S/C51H32OS/c1-2-12-39-35(10-1)11-9-15-40(39)36-24-20-33(21-25-36)34-22-26-37(27-23-34)49-30-31-50(53-49)38-28-29-46-48(32-38)52-47-19-8-7-18-45(47)51(46)43-16-5-3-13-41(43)42-14-4-6-17-44(42)51/h1-32H. The smallest absolute Gasteiger partial charge is 0.132 e. The number of hydrogen-bond acceptors (Lipinski definition) is 2. The molecule has 248 valence electrons. The van der Waals surface area contributed by atoms with Crippen LogP contribution in [0.1, 0.15) is 22.3 Å². The van der Waals surface area contributed by atoms with Gasteiger partial charge in [-0.2, -0.15) is 0 Å². The van der Waals surface area contributed by atoms with E-state index in [1.165, 1.54) is 81.7 Å². The Morgan fingerprint density at radius 1 is 0.340 bits per heavy atom. The number of thiophene rings is 1. The third kappa shape index (κ3) is 4.56. The zero-order chi connectivity index (χ0) is 34.9. The first-order valence-electron chi connectivity index (χ1n) is 18.2. The molecule has 0 N–H and O–H groups in total. The van der Waals surface area contributed by atoms with Crippen LogP contribution < -0.4 is 4.74 Å². The van der Waals surface area contributed by atoms with Crippen molar-refractivity contribution in [3.63, 3.8) is 0 Å². The molecule has 9 aromatic rings. The summed E-state index contributed by atoms with van der Waals surface area (Å²) in [4.78, 5) is 2.47. The van der Waals surface area contributed by atoms with Gasteiger partial charge >= 0.3 is 0 Å². The monoisotopic (exact) mass is 692 g/mol. The van der Waals surface area contributed by atoms with E-state index >= 15 is 0 Å². The van der Waals surface area contributed by atoms with Crippen LogP contribution in [0.2, 0.25) is 0 Å². The van der Waals surface area contributed by atoms with E-state index in [1.54, 1.807) is 0 Å². The van der Waals surface area contributed by atoms with Gasteiger partial charge in [-0.15, -0.1) is 11.3 Å². The molecule has 1 aliphatic heterocycles. The Morgan fingerprint density at radius 2 is 0.849 bits per heavy atom. The van der Waals surface area contributed by atoms with Crippen LogP contribution >= 0.6 is 11.3 Å². The quantitative estimate of drug-likeness (QED) is 0.178. The summed E-state index contributed by atoms with van der Waals surface area (Å²) in [6.07, 6.45) is 0. The van der Waals surface area contributed by atoms with Crippen LogP contribution in [0.15, 0.2) is 194 Å². The van der Waals surface area contributed by atoms with Crippen molar-refractivity contribution in [2.75, 3.05) is 0 Å². The molecule has 0 bridgehead atoms. The first-order chi connectivity index (χ1) is 26.3. The number of hydrogen-bond donors (Lipinski definition) is 0. The van der Waals surface area contributed by atoms with Crippen LogP contribution in [0.4, 0.5) is 0 Å². The third-order valence-corrected chi connectivity index (χ3v) is 12.4. The van der Waals surface area contributed by atoms with Crippen molar-refractivity contribution in [1.29, 1.82) is 0 Å². The van der Waals surface area contributed by atoms with Crippen molar-refractivity contribution >= 4 is 22.1 Å². The van der Waals surface area contributed by atoms with Crippen molar-refractivity contribution in [3.05, 3.63) is 216 Å². The van der Waals surface area contributed by atoms with E-state index in [2.05, 4.69) is 194 Å². The molecule has 2 heteroatoms. The van der Waals surface area contributed by atoms with Crippen molar-refractivity contribution in [2.45, 2.75) is 5.41 Å². The Hall–Kier alpha value is -6.48. The van der Waals surface area contributed by atoms with E-state index in [9.17, 15) is 0 Å². The molecule has 1 aliphatic carbocycles. The Labute approximate surface area is 313 Å². The lowest BCUT2D eigenvalue weighted by atomic mass is 9.66. The Balaban J connectivity index is 0.915. The molecule has 53 heavy (non-hydrogen) atoms. The highest BCUT2D eigenvalue weighted by Gasteiger charge is 2.50. The molecule has 1 spiro atoms. The fourth-order valence-corrected chi connectivity index (χ4v) is 9.82. The molecule has 0 saturated carbocycles. The van der Waals surface area contributed by atoms with E-state index in [0.29, 0.717) is 0 Å².